The molecule has 3 aliphatic rings. The molecule has 0 aromatic carbocycles. The lowest BCUT2D eigenvalue weighted by atomic mass is 9.78. The summed E-state index contributed by atoms with van der Waals surface area (Å²) in [6, 6.07) is 4.10. The molecule has 2 saturated heterocycles. The fourth-order valence-electron chi connectivity index (χ4n) is 5.41. The number of rotatable bonds is 4. The number of hydrogen-bond donors (Lipinski definition) is 0. The summed E-state index contributed by atoms with van der Waals surface area (Å²) in [7, 11) is 0. The Hall–Kier alpha value is -2.26. The molecule has 2 aromatic heterocycles. The summed E-state index contributed by atoms with van der Waals surface area (Å²) in [6.07, 6.45) is 6.38. The number of ether oxygens (including phenoxy) is 1. The van der Waals surface area contributed by atoms with E-state index in [1.807, 2.05) is 17.9 Å². The quantitative estimate of drug-likeness (QED) is 0.718. The molecular weight excluding hydrogens is 417 g/mol. The predicted octanol–water partition coefficient (Wildman–Crippen LogP) is 3.48. The number of pyridine rings is 1. The first kappa shape index (κ1) is 20.6. The Morgan fingerprint density at radius 1 is 1.32 bits per heavy atom. The standard InChI is InChI=1S/C22H28FN5O2S/c1-2-30-21(29)28-14-22(15-28)5-3-17(12-22)26-7-9-27(10-8-26)18-11-16(23)13-24-20(18)19-4-6-25-31-19/h4,6,11,13,17H,2-3,5,7-10,12,14-15H2,1H3/t17-/m1/s1. The van der Waals surface area contributed by atoms with Gasteiger partial charge in [0.15, 0.2) is 0 Å². The number of amides is 1. The first-order chi connectivity index (χ1) is 15.1. The molecule has 0 radical (unpaired) electrons. The number of carbonyl (C=O) groups excluding carboxylic acids is 1. The number of nitrogens with zero attached hydrogens (tertiary/aromatic N) is 5. The lowest BCUT2D eigenvalue weighted by Crippen LogP contribution is -2.58. The number of piperazine rings is 1. The summed E-state index contributed by atoms with van der Waals surface area (Å²) in [4.78, 5) is 23.9. The van der Waals surface area contributed by atoms with Crippen LogP contribution in [-0.2, 0) is 4.74 Å². The van der Waals surface area contributed by atoms with Gasteiger partial charge >= 0.3 is 6.09 Å². The first-order valence-electron chi connectivity index (χ1n) is 11.0. The molecular formula is C22H28FN5O2S. The average Bonchev–Trinajstić information content (AvgIpc) is 3.43. The van der Waals surface area contributed by atoms with Gasteiger partial charge in [0.25, 0.3) is 0 Å². The molecule has 166 valence electrons. The van der Waals surface area contributed by atoms with Gasteiger partial charge in [-0.2, -0.15) is 0 Å². The molecule has 1 saturated carbocycles. The summed E-state index contributed by atoms with van der Waals surface area (Å²) in [6.45, 7) is 7.57. The number of anilines is 1. The summed E-state index contributed by atoms with van der Waals surface area (Å²) < 4.78 is 23.3. The molecule has 0 bridgehead atoms. The van der Waals surface area contributed by atoms with E-state index in [1.54, 1.807) is 12.3 Å². The average molecular weight is 446 g/mol. The highest BCUT2D eigenvalue weighted by molar-refractivity contribution is 7.09. The number of aromatic nitrogens is 2. The van der Waals surface area contributed by atoms with Gasteiger partial charge in [-0.1, -0.05) is 0 Å². The maximum Gasteiger partial charge on any atom is 0.409 e. The van der Waals surface area contributed by atoms with Crippen LogP contribution in [0.1, 0.15) is 26.2 Å². The minimum absolute atomic E-state index is 0.175. The molecule has 1 atom stereocenters. The Morgan fingerprint density at radius 2 is 2.13 bits per heavy atom. The van der Waals surface area contributed by atoms with E-state index in [2.05, 4.69) is 19.2 Å². The molecule has 4 heterocycles. The van der Waals surface area contributed by atoms with E-state index in [0.29, 0.717) is 12.6 Å². The van der Waals surface area contributed by atoms with Crippen LogP contribution in [0.4, 0.5) is 14.9 Å². The highest BCUT2D eigenvalue weighted by atomic mass is 32.1. The van der Waals surface area contributed by atoms with Crippen LogP contribution in [0.2, 0.25) is 0 Å². The van der Waals surface area contributed by atoms with Gasteiger partial charge in [0.2, 0.25) is 0 Å². The normalized spacial score (nSPS) is 23.2. The first-order valence-corrected chi connectivity index (χ1v) is 11.8. The van der Waals surface area contributed by atoms with Gasteiger partial charge in [0.05, 0.1) is 23.4 Å². The number of hydrogen-bond acceptors (Lipinski definition) is 7. The van der Waals surface area contributed by atoms with Crippen LogP contribution in [0.25, 0.3) is 10.6 Å². The summed E-state index contributed by atoms with van der Waals surface area (Å²) in [5, 5.41) is 0. The second-order valence-electron chi connectivity index (χ2n) is 8.87. The Kier molecular flexibility index (Phi) is 5.56. The Labute approximate surface area is 186 Å². The second kappa shape index (κ2) is 8.35. The second-order valence-corrected chi connectivity index (χ2v) is 9.71. The third-order valence-electron chi connectivity index (χ3n) is 6.93. The van der Waals surface area contributed by atoms with Crippen molar-refractivity contribution in [1.82, 2.24) is 19.2 Å². The van der Waals surface area contributed by atoms with Gasteiger partial charge in [-0.25, -0.2) is 13.6 Å². The third kappa shape index (κ3) is 4.01. The number of carbonyl (C=O) groups is 1. The molecule has 0 N–H and O–H groups in total. The Bertz CT molecular complexity index is 926. The molecule has 1 spiro atoms. The third-order valence-corrected chi connectivity index (χ3v) is 7.69. The van der Waals surface area contributed by atoms with E-state index in [4.69, 9.17) is 4.74 Å². The van der Waals surface area contributed by atoms with Crippen LogP contribution in [-0.4, -0.2) is 77.2 Å². The van der Waals surface area contributed by atoms with Crippen molar-refractivity contribution in [3.05, 3.63) is 30.3 Å². The van der Waals surface area contributed by atoms with Crippen molar-refractivity contribution < 1.29 is 13.9 Å². The number of halogens is 1. The van der Waals surface area contributed by atoms with Gasteiger partial charge in [-0.3, -0.25) is 9.88 Å². The fourth-order valence-corrected chi connectivity index (χ4v) is 6.01. The van der Waals surface area contributed by atoms with E-state index in [1.165, 1.54) is 30.6 Å². The van der Waals surface area contributed by atoms with Gasteiger partial charge in [0.1, 0.15) is 11.5 Å². The van der Waals surface area contributed by atoms with Crippen molar-refractivity contribution in [1.29, 1.82) is 0 Å². The van der Waals surface area contributed by atoms with E-state index < -0.39 is 0 Å². The van der Waals surface area contributed by atoms with Crippen molar-refractivity contribution in [3.63, 3.8) is 0 Å². The predicted molar refractivity (Wildman–Crippen MR) is 118 cm³/mol. The lowest BCUT2D eigenvalue weighted by molar-refractivity contribution is -0.00294. The van der Waals surface area contributed by atoms with Crippen LogP contribution in [0, 0.1) is 11.2 Å². The fraction of sp³-hybridized carbons (Fsp3) is 0.591. The van der Waals surface area contributed by atoms with Gasteiger partial charge in [-0.05, 0) is 43.8 Å². The highest BCUT2D eigenvalue weighted by Crippen LogP contribution is 2.47. The maximum absolute atomic E-state index is 14.0. The molecule has 1 aliphatic carbocycles. The van der Waals surface area contributed by atoms with Crippen LogP contribution in [0.3, 0.4) is 0 Å². The highest BCUT2D eigenvalue weighted by Gasteiger charge is 2.51. The zero-order valence-electron chi connectivity index (χ0n) is 17.8. The van der Waals surface area contributed by atoms with Crippen LogP contribution in [0.15, 0.2) is 24.5 Å². The van der Waals surface area contributed by atoms with Crippen molar-refractivity contribution in [2.75, 3.05) is 50.8 Å². The molecule has 0 unspecified atom stereocenters. The molecule has 7 nitrogen and oxygen atoms in total. The van der Waals surface area contributed by atoms with Crippen molar-refractivity contribution >= 4 is 23.3 Å². The van der Waals surface area contributed by atoms with E-state index in [9.17, 15) is 9.18 Å². The summed E-state index contributed by atoms with van der Waals surface area (Å²) in [5.74, 6) is -0.306. The molecule has 3 fully saturated rings. The SMILES string of the molecule is CCOC(=O)N1CC2(CC[C@@H](N3CCN(c4cc(F)cnc4-c4ccns4)CC3)C2)C1. The number of likely N-dealkylation sites (tertiary alicyclic amines) is 1. The molecule has 2 aliphatic heterocycles. The van der Waals surface area contributed by atoms with Crippen molar-refractivity contribution in [2.24, 2.45) is 5.41 Å². The Morgan fingerprint density at radius 3 is 2.84 bits per heavy atom. The lowest BCUT2D eigenvalue weighted by Gasteiger charge is -2.48. The van der Waals surface area contributed by atoms with Crippen LogP contribution < -0.4 is 4.90 Å². The van der Waals surface area contributed by atoms with E-state index in [-0.39, 0.29) is 17.3 Å². The van der Waals surface area contributed by atoms with Crippen LogP contribution in [0.5, 0.6) is 0 Å². The monoisotopic (exact) mass is 445 g/mol. The Balaban J connectivity index is 1.19. The molecule has 1 amide bonds. The molecule has 9 heteroatoms. The summed E-state index contributed by atoms with van der Waals surface area (Å²) >= 11 is 1.39. The minimum atomic E-state index is -0.306. The van der Waals surface area contributed by atoms with Crippen molar-refractivity contribution in [2.45, 2.75) is 32.2 Å². The molecule has 31 heavy (non-hydrogen) atoms. The molecule has 2 aromatic rings. The zero-order chi connectivity index (χ0) is 21.4. The van der Waals surface area contributed by atoms with E-state index >= 15 is 0 Å². The van der Waals surface area contributed by atoms with Gasteiger partial charge in [-0.15, -0.1) is 0 Å². The largest absolute Gasteiger partial charge is 0.450 e. The van der Waals surface area contributed by atoms with E-state index in [0.717, 1.165) is 61.9 Å². The van der Waals surface area contributed by atoms with Gasteiger partial charge < -0.3 is 14.5 Å². The van der Waals surface area contributed by atoms with Crippen LogP contribution >= 0.6 is 11.5 Å². The smallest absolute Gasteiger partial charge is 0.409 e. The zero-order valence-corrected chi connectivity index (χ0v) is 18.6. The molecule has 5 rings (SSSR count). The minimum Gasteiger partial charge on any atom is -0.450 e. The summed E-state index contributed by atoms with van der Waals surface area (Å²) in [5.41, 5.74) is 1.95. The maximum atomic E-state index is 14.0. The van der Waals surface area contributed by atoms with Crippen molar-refractivity contribution in [3.8, 4) is 10.6 Å². The van der Waals surface area contributed by atoms with Gasteiger partial charge in [0, 0.05) is 63.0 Å². The topological polar surface area (TPSA) is 61.8 Å².